The fraction of sp³-hybridized carbons (Fsp3) is 0.231. The molecule has 3 aromatic rings. The van der Waals surface area contributed by atoms with Gasteiger partial charge in [-0.05, 0) is 30.5 Å². The Morgan fingerprint density at radius 2 is 2.24 bits per heavy atom. The third-order valence-corrected chi connectivity index (χ3v) is 3.61. The predicted molar refractivity (Wildman–Crippen MR) is 77.2 cm³/mol. The number of H-pyrrole nitrogens is 1. The van der Waals surface area contributed by atoms with Gasteiger partial charge in [0.25, 0.3) is 0 Å². The van der Waals surface area contributed by atoms with Crippen molar-refractivity contribution in [2.75, 3.05) is 5.32 Å². The number of aromatic amines is 1. The van der Waals surface area contributed by atoms with Crippen molar-refractivity contribution in [3.63, 3.8) is 0 Å². The number of aldehydes is 1. The van der Waals surface area contributed by atoms with Crippen LogP contribution in [-0.2, 0) is 0 Å². The number of nitrogens with one attached hydrogen (secondary N) is 2. The lowest BCUT2D eigenvalue weighted by Gasteiger charge is -2.05. The van der Waals surface area contributed by atoms with Gasteiger partial charge in [-0.1, -0.05) is 0 Å². The van der Waals surface area contributed by atoms with Crippen LogP contribution in [0.4, 0.5) is 11.8 Å². The van der Waals surface area contributed by atoms with E-state index in [-0.39, 0.29) is 5.28 Å². The highest BCUT2D eigenvalue weighted by Gasteiger charge is 2.25. The minimum absolute atomic E-state index is 0.110. The van der Waals surface area contributed by atoms with Gasteiger partial charge in [-0.15, -0.1) is 0 Å². The van der Waals surface area contributed by atoms with Crippen molar-refractivity contribution >= 4 is 35.3 Å². The van der Waals surface area contributed by atoms with E-state index >= 15 is 0 Å². The molecule has 1 aliphatic carbocycles. The van der Waals surface area contributed by atoms with Crippen LogP contribution in [0.5, 0.6) is 0 Å². The Kier molecular flexibility index (Phi) is 2.68. The smallest absolute Gasteiger partial charge is 0.227 e. The molecule has 0 aromatic carbocycles. The molecule has 3 heterocycles. The van der Waals surface area contributed by atoms with Crippen LogP contribution in [0.2, 0.25) is 5.28 Å². The lowest BCUT2D eigenvalue weighted by molar-refractivity contribution is 0.112. The van der Waals surface area contributed by atoms with Crippen molar-refractivity contribution in [2.45, 2.75) is 18.8 Å². The first kappa shape index (κ1) is 12.3. The molecule has 0 bridgehead atoms. The number of carbonyl (C=O) groups is 1. The van der Waals surface area contributed by atoms with Gasteiger partial charge in [-0.2, -0.15) is 15.1 Å². The molecule has 0 spiro atoms. The maximum Gasteiger partial charge on any atom is 0.227 e. The zero-order valence-corrected chi connectivity index (χ0v) is 11.6. The number of rotatable bonds is 4. The van der Waals surface area contributed by atoms with Crippen molar-refractivity contribution in [3.8, 4) is 0 Å². The van der Waals surface area contributed by atoms with E-state index in [1.807, 2.05) is 6.07 Å². The van der Waals surface area contributed by atoms with Crippen LogP contribution in [0.1, 0.15) is 34.8 Å². The van der Waals surface area contributed by atoms with Crippen LogP contribution in [0.3, 0.4) is 0 Å². The number of halogens is 1. The van der Waals surface area contributed by atoms with Gasteiger partial charge in [0.1, 0.15) is 5.65 Å². The van der Waals surface area contributed by atoms with Gasteiger partial charge in [-0.25, -0.2) is 0 Å². The topological polar surface area (TPSA) is 88.0 Å². The van der Waals surface area contributed by atoms with Gasteiger partial charge in [0.05, 0.1) is 0 Å². The van der Waals surface area contributed by atoms with Crippen molar-refractivity contribution in [1.29, 1.82) is 0 Å². The Morgan fingerprint density at radius 1 is 1.38 bits per heavy atom. The number of fused-ring (bicyclic) bond motifs is 1. The summed E-state index contributed by atoms with van der Waals surface area (Å²) in [7, 11) is 0. The highest BCUT2D eigenvalue weighted by atomic mass is 35.5. The van der Waals surface area contributed by atoms with Gasteiger partial charge < -0.3 is 5.32 Å². The summed E-state index contributed by atoms with van der Waals surface area (Å²) in [5, 5.41) is 10.4. The molecule has 0 amide bonds. The summed E-state index contributed by atoms with van der Waals surface area (Å²) < 4.78 is 1.67. The van der Waals surface area contributed by atoms with Gasteiger partial charge in [0, 0.05) is 29.4 Å². The number of hydrogen-bond acceptors (Lipinski definition) is 5. The summed E-state index contributed by atoms with van der Waals surface area (Å²) in [6.45, 7) is 0. The monoisotopic (exact) mass is 302 g/mol. The van der Waals surface area contributed by atoms with Crippen LogP contribution in [0.25, 0.3) is 5.65 Å². The minimum atomic E-state index is 0.110. The summed E-state index contributed by atoms with van der Waals surface area (Å²) in [5.74, 6) is 1.72. The third-order valence-electron chi connectivity index (χ3n) is 3.44. The predicted octanol–water partition coefficient (Wildman–Crippen LogP) is 2.54. The van der Waals surface area contributed by atoms with E-state index in [1.54, 1.807) is 16.7 Å². The fourth-order valence-corrected chi connectivity index (χ4v) is 2.43. The molecule has 0 radical (unpaired) electrons. The molecular weight excluding hydrogens is 292 g/mol. The Hall–Kier alpha value is -2.41. The first-order chi connectivity index (χ1) is 10.2. The minimum Gasteiger partial charge on any atom is -0.308 e. The SMILES string of the molecule is O=Cc1cc2nc(Cl)nc(Nc3cc(C4CC4)[nH]n3)n2c1. The van der Waals surface area contributed by atoms with Crippen LogP contribution in [0.15, 0.2) is 18.3 Å². The summed E-state index contributed by atoms with van der Waals surface area (Å²) in [6, 6.07) is 3.61. The van der Waals surface area contributed by atoms with E-state index in [0.717, 1.165) is 12.0 Å². The Bertz CT molecular complexity index is 834. The van der Waals surface area contributed by atoms with Gasteiger partial charge >= 0.3 is 0 Å². The molecule has 0 saturated heterocycles. The Labute approximate surface area is 124 Å². The van der Waals surface area contributed by atoms with Crippen molar-refractivity contribution in [3.05, 3.63) is 34.9 Å². The molecule has 106 valence electrons. The molecule has 8 heteroatoms. The normalized spacial score (nSPS) is 14.5. The lowest BCUT2D eigenvalue weighted by atomic mass is 10.3. The highest BCUT2D eigenvalue weighted by Crippen LogP contribution is 2.39. The molecule has 3 aromatic heterocycles. The summed E-state index contributed by atoms with van der Waals surface area (Å²) >= 11 is 5.92. The number of carbonyl (C=O) groups excluding carboxylic acids is 1. The van der Waals surface area contributed by atoms with E-state index < -0.39 is 0 Å². The second-order valence-corrected chi connectivity index (χ2v) is 5.38. The second kappa shape index (κ2) is 4.56. The zero-order valence-electron chi connectivity index (χ0n) is 10.9. The molecule has 4 rings (SSSR count). The van der Waals surface area contributed by atoms with Gasteiger partial charge in [0.2, 0.25) is 11.2 Å². The molecule has 2 N–H and O–H groups in total. The van der Waals surface area contributed by atoms with Gasteiger partial charge in [-0.3, -0.25) is 14.3 Å². The largest absolute Gasteiger partial charge is 0.308 e. The first-order valence-electron chi connectivity index (χ1n) is 6.56. The maximum atomic E-state index is 10.9. The summed E-state index contributed by atoms with van der Waals surface area (Å²) in [6.07, 6.45) is 4.80. The third kappa shape index (κ3) is 2.25. The second-order valence-electron chi connectivity index (χ2n) is 5.04. The van der Waals surface area contributed by atoms with E-state index in [1.165, 1.54) is 12.8 Å². The lowest BCUT2D eigenvalue weighted by Crippen LogP contribution is -2.03. The fourth-order valence-electron chi connectivity index (χ4n) is 2.26. The zero-order chi connectivity index (χ0) is 14.4. The van der Waals surface area contributed by atoms with E-state index in [0.29, 0.717) is 28.9 Å². The number of nitrogens with zero attached hydrogens (tertiary/aromatic N) is 4. The quantitative estimate of drug-likeness (QED) is 0.723. The molecule has 21 heavy (non-hydrogen) atoms. The van der Waals surface area contributed by atoms with E-state index in [4.69, 9.17) is 11.6 Å². The van der Waals surface area contributed by atoms with Gasteiger partial charge in [0.15, 0.2) is 12.1 Å². The molecule has 0 atom stereocenters. The molecule has 7 nitrogen and oxygen atoms in total. The Balaban J connectivity index is 1.73. The number of hydrogen-bond donors (Lipinski definition) is 2. The molecular formula is C13H11ClN6O. The summed E-state index contributed by atoms with van der Waals surface area (Å²) in [5.41, 5.74) is 2.18. The molecule has 0 aliphatic heterocycles. The molecule has 0 unspecified atom stereocenters. The van der Waals surface area contributed by atoms with Crippen LogP contribution < -0.4 is 5.32 Å². The van der Waals surface area contributed by atoms with Crippen LogP contribution >= 0.6 is 11.6 Å². The number of anilines is 2. The van der Waals surface area contributed by atoms with Crippen molar-refractivity contribution in [1.82, 2.24) is 24.6 Å². The van der Waals surface area contributed by atoms with Crippen LogP contribution in [-0.4, -0.2) is 30.9 Å². The average Bonchev–Trinajstić information content (AvgIpc) is 3.06. The van der Waals surface area contributed by atoms with Crippen molar-refractivity contribution in [2.24, 2.45) is 0 Å². The highest BCUT2D eigenvalue weighted by molar-refractivity contribution is 6.28. The molecule has 1 fully saturated rings. The summed E-state index contributed by atoms with van der Waals surface area (Å²) in [4.78, 5) is 19.1. The first-order valence-corrected chi connectivity index (χ1v) is 6.94. The average molecular weight is 303 g/mol. The molecule has 1 saturated carbocycles. The number of aromatic nitrogens is 5. The van der Waals surface area contributed by atoms with E-state index in [9.17, 15) is 4.79 Å². The molecule has 1 aliphatic rings. The maximum absolute atomic E-state index is 10.9. The Morgan fingerprint density at radius 3 is 3.00 bits per heavy atom. The van der Waals surface area contributed by atoms with E-state index in [2.05, 4.69) is 25.5 Å². The van der Waals surface area contributed by atoms with Crippen molar-refractivity contribution < 1.29 is 4.79 Å². The van der Waals surface area contributed by atoms with Crippen LogP contribution in [0, 0.1) is 0 Å². The standard InChI is InChI=1S/C13H11ClN6O/c14-12-16-11-3-7(6-21)5-20(11)13(17-12)15-10-4-9(18-19-10)8-1-2-8/h3-6,8H,1-2H2,(H2,15,16,17,18,19).